The molecule has 0 bridgehead atoms. The third-order valence-electron chi connectivity index (χ3n) is 8.66. The largest absolute Gasteiger partial charge is 0.438 e. The van der Waals surface area contributed by atoms with Gasteiger partial charge < -0.3 is 20.3 Å². The van der Waals surface area contributed by atoms with Gasteiger partial charge in [0.05, 0.1) is 6.20 Å². The van der Waals surface area contributed by atoms with Crippen LogP contribution in [0.4, 0.5) is 13.2 Å². The molecule has 1 unspecified atom stereocenters. The van der Waals surface area contributed by atoms with Gasteiger partial charge in [-0.05, 0) is 67.7 Å². The molecule has 250 valence electrons. The molecule has 14 heteroatoms. The Balaban J connectivity index is 1.20. The first kappa shape index (κ1) is 32.7. The first-order valence-corrected chi connectivity index (χ1v) is 15.6. The van der Waals surface area contributed by atoms with E-state index in [-0.39, 0.29) is 41.1 Å². The highest BCUT2D eigenvalue weighted by Gasteiger charge is 2.45. The van der Waals surface area contributed by atoms with E-state index in [0.29, 0.717) is 66.2 Å². The number of aryl methyl sites for hydroxylation is 2. The molecule has 0 radical (unpaired) electrons. The number of piperidine rings is 1. The van der Waals surface area contributed by atoms with Crippen molar-refractivity contribution in [3.8, 4) is 23.0 Å². The van der Waals surface area contributed by atoms with Gasteiger partial charge in [0.1, 0.15) is 17.1 Å². The predicted octanol–water partition coefficient (Wildman–Crippen LogP) is 5.45. The number of amides is 2. The van der Waals surface area contributed by atoms with Crippen LogP contribution in [-0.2, 0) is 11.8 Å². The van der Waals surface area contributed by atoms with Gasteiger partial charge in [0.25, 0.3) is 5.91 Å². The molecule has 2 amide bonds. The van der Waals surface area contributed by atoms with Crippen molar-refractivity contribution in [2.75, 3.05) is 19.6 Å². The summed E-state index contributed by atoms with van der Waals surface area (Å²) in [4.78, 5) is 39.8. The van der Waals surface area contributed by atoms with Crippen LogP contribution in [0.25, 0.3) is 22.4 Å². The van der Waals surface area contributed by atoms with Crippen LogP contribution in [0.2, 0.25) is 0 Å². The molecule has 1 aliphatic carbocycles. The maximum Gasteiger partial charge on any atom is 0.397 e. The summed E-state index contributed by atoms with van der Waals surface area (Å²) in [5.41, 5.74) is 2.51. The van der Waals surface area contributed by atoms with Crippen LogP contribution in [0.5, 0.6) is 11.6 Å². The van der Waals surface area contributed by atoms with Gasteiger partial charge in [0.2, 0.25) is 11.8 Å². The Hall–Kier alpha value is -5.27. The first-order chi connectivity index (χ1) is 23.0. The van der Waals surface area contributed by atoms with E-state index in [1.54, 1.807) is 59.5 Å². The second-order valence-electron chi connectivity index (χ2n) is 12.1. The van der Waals surface area contributed by atoms with Crippen molar-refractivity contribution in [2.45, 2.75) is 39.3 Å². The van der Waals surface area contributed by atoms with Crippen LogP contribution in [0.3, 0.4) is 0 Å². The van der Waals surface area contributed by atoms with E-state index in [1.807, 2.05) is 13.0 Å². The van der Waals surface area contributed by atoms with Crippen molar-refractivity contribution in [1.29, 1.82) is 0 Å². The smallest absolute Gasteiger partial charge is 0.397 e. The van der Waals surface area contributed by atoms with Crippen molar-refractivity contribution in [2.24, 2.45) is 18.9 Å². The number of rotatable bonds is 8. The van der Waals surface area contributed by atoms with E-state index >= 15 is 0 Å². The standard InChI is InChI=1S/C34H35F3N8O3/c1-20-6-7-23(15-29(20)48-33-26-19-40-44(3)31(26)42-30(43-33)24-5-4-12-38-18-24)32(47)41-25-8-9-28(27(16-25)34(35,36)37)45-13-10-22(11-14-45)17-39-21(2)46/h4-9,12,15,18-19,22,27H,10-11,13-14,16-17H2,1-3H3,(H,39,46)(H,41,47). The van der Waals surface area contributed by atoms with Crippen LogP contribution < -0.4 is 15.4 Å². The molecule has 0 spiro atoms. The number of benzene rings is 1. The van der Waals surface area contributed by atoms with Gasteiger partial charge in [-0.2, -0.15) is 23.3 Å². The first-order valence-electron chi connectivity index (χ1n) is 15.6. The number of alkyl halides is 3. The molecular weight excluding hydrogens is 625 g/mol. The number of hydrogen-bond donors (Lipinski definition) is 2. The fourth-order valence-electron chi connectivity index (χ4n) is 5.95. The second-order valence-corrected chi connectivity index (χ2v) is 12.1. The van der Waals surface area contributed by atoms with Crippen molar-refractivity contribution >= 4 is 22.8 Å². The fourth-order valence-corrected chi connectivity index (χ4v) is 5.95. The molecular formula is C34H35F3N8O3. The van der Waals surface area contributed by atoms with Crippen LogP contribution in [0.15, 0.2) is 72.5 Å². The van der Waals surface area contributed by atoms with Crippen LogP contribution >= 0.6 is 0 Å². The van der Waals surface area contributed by atoms with E-state index < -0.39 is 18.0 Å². The molecule has 0 saturated carbocycles. The molecule has 1 fully saturated rings. The molecule has 1 saturated heterocycles. The number of fused-ring (bicyclic) bond motifs is 1. The lowest BCUT2D eigenvalue weighted by Crippen LogP contribution is -2.43. The minimum absolute atomic E-state index is 0.119. The summed E-state index contributed by atoms with van der Waals surface area (Å²) in [7, 11) is 1.75. The summed E-state index contributed by atoms with van der Waals surface area (Å²) in [6.45, 7) is 4.71. The highest BCUT2D eigenvalue weighted by atomic mass is 19.4. The van der Waals surface area contributed by atoms with Gasteiger partial charge in [0.15, 0.2) is 11.5 Å². The Morgan fingerprint density at radius 1 is 1.08 bits per heavy atom. The summed E-state index contributed by atoms with van der Waals surface area (Å²) in [6, 6.07) is 8.43. The van der Waals surface area contributed by atoms with Gasteiger partial charge in [-0.1, -0.05) is 6.07 Å². The lowest BCUT2D eigenvalue weighted by Gasteiger charge is -2.40. The van der Waals surface area contributed by atoms with E-state index in [0.717, 1.165) is 0 Å². The molecule has 1 aliphatic heterocycles. The summed E-state index contributed by atoms with van der Waals surface area (Å²) in [5.74, 6) is -1.26. The number of carbonyl (C=O) groups excluding carboxylic acids is 2. The number of allylic oxidation sites excluding steroid dienone is 4. The molecule has 3 aromatic heterocycles. The number of hydrogen-bond acceptors (Lipinski definition) is 8. The minimum atomic E-state index is -4.50. The zero-order chi connectivity index (χ0) is 34.0. The van der Waals surface area contributed by atoms with Crippen LogP contribution in [0, 0.1) is 18.8 Å². The Labute approximate surface area is 274 Å². The SMILES string of the molecule is CC(=O)NCC1CCN(C2=CC=C(NC(=O)c3ccc(C)c(Oc4nc(-c5cccnc5)nc5c4cnn5C)c3)CC2C(F)(F)F)CC1. The van der Waals surface area contributed by atoms with E-state index in [9.17, 15) is 22.8 Å². The van der Waals surface area contributed by atoms with Gasteiger partial charge in [-0.15, -0.1) is 0 Å². The third kappa shape index (κ3) is 7.16. The van der Waals surface area contributed by atoms with Crippen molar-refractivity contribution in [1.82, 2.24) is 40.3 Å². The highest BCUT2D eigenvalue weighted by molar-refractivity contribution is 5.96. The number of carbonyl (C=O) groups is 2. The average Bonchev–Trinajstić information content (AvgIpc) is 3.45. The predicted molar refractivity (Wildman–Crippen MR) is 172 cm³/mol. The Morgan fingerprint density at radius 3 is 2.58 bits per heavy atom. The molecule has 1 atom stereocenters. The molecule has 48 heavy (non-hydrogen) atoms. The van der Waals surface area contributed by atoms with Crippen molar-refractivity contribution in [3.05, 3.63) is 83.6 Å². The summed E-state index contributed by atoms with van der Waals surface area (Å²) in [6.07, 6.45) is 4.35. The maximum atomic E-state index is 14.3. The maximum absolute atomic E-state index is 14.3. The molecule has 1 aromatic carbocycles. The van der Waals surface area contributed by atoms with Gasteiger partial charge in [-0.25, -0.2) is 4.98 Å². The molecule has 4 heterocycles. The van der Waals surface area contributed by atoms with Gasteiger partial charge in [0, 0.05) is 74.9 Å². The number of nitrogens with one attached hydrogen (secondary N) is 2. The number of aromatic nitrogens is 5. The van der Waals surface area contributed by atoms with Gasteiger partial charge in [-0.3, -0.25) is 19.3 Å². The lowest BCUT2D eigenvalue weighted by atomic mass is 9.89. The molecule has 4 aromatic rings. The summed E-state index contributed by atoms with van der Waals surface area (Å²) in [5, 5.41) is 10.3. The average molecular weight is 661 g/mol. The van der Waals surface area contributed by atoms with Crippen molar-refractivity contribution < 1.29 is 27.5 Å². The zero-order valence-corrected chi connectivity index (χ0v) is 26.7. The Bertz CT molecular complexity index is 1900. The Kier molecular flexibility index (Phi) is 9.16. The van der Waals surface area contributed by atoms with Crippen molar-refractivity contribution in [3.63, 3.8) is 0 Å². The monoisotopic (exact) mass is 660 g/mol. The molecule has 2 aliphatic rings. The normalized spacial score (nSPS) is 17.1. The highest BCUT2D eigenvalue weighted by Crippen LogP contribution is 2.41. The van der Waals surface area contributed by atoms with Gasteiger partial charge >= 0.3 is 6.18 Å². The van der Waals surface area contributed by atoms with E-state index in [4.69, 9.17) is 4.74 Å². The number of likely N-dealkylation sites (tertiary alicyclic amines) is 1. The minimum Gasteiger partial charge on any atom is -0.438 e. The zero-order valence-electron chi connectivity index (χ0n) is 26.7. The second kappa shape index (κ2) is 13.5. The molecule has 2 N–H and O–H groups in total. The van der Waals surface area contributed by atoms with E-state index in [2.05, 4.69) is 30.7 Å². The van der Waals surface area contributed by atoms with Crippen LogP contribution in [-0.4, -0.2) is 67.3 Å². The summed E-state index contributed by atoms with van der Waals surface area (Å²) >= 11 is 0. The quantitative estimate of drug-likeness (QED) is 0.256. The van der Waals surface area contributed by atoms with Crippen LogP contribution in [0.1, 0.15) is 42.1 Å². The third-order valence-corrected chi connectivity index (χ3v) is 8.66. The number of pyridine rings is 1. The number of halogens is 3. The topological polar surface area (TPSA) is 127 Å². The fraction of sp³-hybridized carbons (Fsp3) is 0.353. The number of nitrogens with zero attached hydrogens (tertiary/aromatic N) is 6. The number of ether oxygens (including phenoxy) is 1. The molecule has 6 rings (SSSR count). The van der Waals surface area contributed by atoms with E-state index in [1.165, 1.54) is 19.1 Å². The lowest BCUT2D eigenvalue weighted by molar-refractivity contribution is -0.169. The Morgan fingerprint density at radius 2 is 1.88 bits per heavy atom. The molecule has 11 nitrogen and oxygen atoms in total. The summed E-state index contributed by atoms with van der Waals surface area (Å²) < 4.78 is 50.8.